The summed E-state index contributed by atoms with van der Waals surface area (Å²) in [4.78, 5) is 28.3. The second-order valence-electron chi connectivity index (χ2n) is 4.56. The number of esters is 1. The van der Waals surface area contributed by atoms with Gasteiger partial charge in [0.05, 0.1) is 17.4 Å². The Hall–Kier alpha value is -2.14. The standard InChI is InChI=1S/C16H13NO3S/c1-2-20-16(19)12-9-17-15-11(14(12)18)8-13(21-15)10-6-4-3-5-7-10/h3-9,13H,2H2,1H3. The third-order valence-corrected chi connectivity index (χ3v) is 4.42. The van der Waals surface area contributed by atoms with Crippen LogP contribution in [-0.4, -0.2) is 23.4 Å². The lowest BCUT2D eigenvalue weighted by molar-refractivity contribution is -0.139. The number of hydrogen-bond acceptors (Lipinski definition) is 5. The van der Waals surface area contributed by atoms with Crippen molar-refractivity contribution in [2.24, 2.45) is 4.99 Å². The van der Waals surface area contributed by atoms with Crippen molar-refractivity contribution in [3.63, 3.8) is 0 Å². The van der Waals surface area contributed by atoms with E-state index < -0.39 is 5.97 Å². The van der Waals surface area contributed by atoms with Crippen LogP contribution in [0.15, 0.2) is 58.7 Å². The summed E-state index contributed by atoms with van der Waals surface area (Å²) in [5, 5.41) is 0.723. The number of rotatable bonds is 3. The number of fused-ring (bicyclic) bond motifs is 1. The van der Waals surface area contributed by atoms with Gasteiger partial charge in [-0.1, -0.05) is 48.2 Å². The van der Waals surface area contributed by atoms with E-state index in [1.807, 2.05) is 36.4 Å². The monoisotopic (exact) mass is 299 g/mol. The zero-order valence-corrected chi connectivity index (χ0v) is 12.2. The molecular formula is C16H13NO3S. The second kappa shape index (κ2) is 5.69. The summed E-state index contributed by atoms with van der Waals surface area (Å²) in [5.74, 6) is -0.913. The Labute approximate surface area is 126 Å². The lowest BCUT2D eigenvalue weighted by atomic mass is 10.0. The fourth-order valence-electron chi connectivity index (χ4n) is 2.20. The van der Waals surface area contributed by atoms with Crippen LogP contribution in [0.1, 0.15) is 17.7 Å². The Morgan fingerprint density at radius 1 is 1.33 bits per heavy atom. The predicted molar refractivity (Wildman–Crippen MR) is 82.0 cm³/mol. The van der Waals surface area contributed by atoms with Crippen LogP contribution >= 0.6 is 11.8 Å². The molecule has 1 atom stereocenters. The maximum atomic E-state index is 12.4. The number of carbonyl (C=O) groups excluding carboxylic acids is 2. The molecule has 1 aromatic rings. The third-order valence-electron chi connectivity index (χ3n) is 3.21. The topological polar surface area (TPSA) is 55.7 Å². The van der Waals surface area contributed by atoms with Gasteiger partial charge in [0.15, 0.2) is 0 Å². The summed E-state index contributed by atoms with van der Waals surface area (Å²) < 4.78 is 4.88. The molecule has 5 heteroatoms. The van der Waals surface area contributed by atoms with Crippen LogP contribution in [0.5, 0.6) is 0 Å². The molecule has 3 rings (SSSR count). The molecule has 2 heterocycles. The molecule has 0 radical (unpaired) electrons. The molecule has 0 aliphatic carbocycles. The maximum absolute atomic E-state index is 12.4. The van der Waals surface area contributed by atoms with Gasteiger partial charge in [-0.2, -0.15) is 0 Å². The van der Waals surface area contributed by atoms with Gasteiger partial charge in [-0.15, -0.1) is 0 Å². The summed E-state index contributed by atoms with van der Waals surface area (Å²) >= 11 is 1.52. The van der Waals surface area contributed by atoms with Crippen molar-refractivity contribution >= 4 is 28.6 Å². The molecule has 21 heavy (non-hydrogen) atoms. The number of ether oxygens (including phenoxy) is 1. The number of thioether (sulfide) groups is 1. The van der Waals surface area contributed by atoms with Crippen molar-refractivity contribution in [2.45, 2.75) is 12.2 Å². The fourth-order valence-corrected chi connectivity index (χ4v) is 3.34. The molecular weight excluding hydrogens is 286 g/mol. The average Bonchev–Trinajstić information content (AvgIpc) is 2.94. The molecule has 1 unspecified atom stereocenters. The van der Waals surface area contributed by atoms with Gasteiger partial charge < -0.3 is 4.74 Å². The van der Waals surface area contributed by atoms with Crippen LogP contribution in [0.25, 0.3) is 0 Å². The fraction of sp³-hybridized carbons (Fsp3) is 0.188. The summed E-state index contributed by atoms with van der Waals surface area (Å²) in [5.41, 5.74) is 1.61. The van der Waals surface area contributed by atoms with Gasteiger partial charge in [-0.25, -0.2) is 9.79 Å². The Morgan fingerprint density at radius 3 is 2.81 bits per heavy atom. The first-order valence-electron chi connectivity index (χ1n) is 6.64. The van der Waals surface area contributed by atoms with Crippen molar-refractivity contribution in [1.82, 2.24) is 0 Å². The summed E-state index contributed by atoms with van der Waals surface area (Å²) in [6, 6.07) is 9.89. The molecule has 106 valence electrons. The highest BCUT2D eigenvalue weighted by Crippen LogP contribution is 2.42. The third kappa shape index (κ3) is 2.56. The molecule has 0 saturated heterocycles. The van der Waals surface area contributed by atoms with Crippen LogP contribution in [0.4, 0.5) is 0 Å². The van der Waals surface area contributed by atoms with E-state index in [-0.39, 0.29) is 23.2 Å². The molecule has 0 aromatic heterocycles. The highest BCUT2D eigenvalue weighted by atomic mass is 32.2. The van der Waals surface area contributed by atoms with Gasteiger partial charge in [-0.3, -0.25) is 4.79 Å². The quantitative estimate of drug-likeness (QED) is 0.636. The Morgan fingerprint density at radius 2 is 2.10 bits per heavy atom. The Balaban J connectivity index is 1.88. The first kappa shape index (κ1) is 13.8. The number of Topliss-reactive ketones (excluding diaryl/α,β-unsaturated/α-hetero) is 1. The molecule has 0 saturated carbocycles. The van der Waals surface area contributed by atoms with Crippen molar-refractivity contribution in [2.75, 3.05) is 6.61 Å². The van der Waals surface area contributed by atoms with Crippen molar-refractivity contribution in [3.05, 3.63) is 59.3 Å². The first-order chi connectivity index (χ1) is 10.2. The molecule has 0 N–H and O–H groups in total. The molecule has 0 bridgehead atoms. The number of hydrogen-bond donors (Lipinski definition) is 0. The minimum Gasteiger partial charge on any atom is -0.462 e. The van der Waals surface area contributed by atoms with Crippen LogP contribution < -0.4 is 0 Å². The molecule has 0 amide bonds. The zero-order valence-electron chi connectivity index (χ0n) is 11.4. The van der Waals surface area contributed by atoms with E-state index in [1.54, 1.807) is 6.92 Å². The van der Waals surface area contributed by atoms with Gasteiger partial charge in [-0.05, 0) is 12.5 Å². The maximum Gasteiger partial charge on any atom is 0.343 e. The van der Waals surface area contributed by atoms with E-state index in [0.717, 1.165) is 5.56 Å². The van der Waals surface area contributed by atoms with E-state index in [4.69, 9.17) is 4.74 Å². The second-order valence-corrected chi connectivity index (χ2v) is 5.69. The van der Waals surface area contributed by atoms with Crippen LogP contribution in [0, 0.1) is 0 Å². The molecule has 4 nitrogen and oxygen atoms in total. The van der Waals surface area contributed by atoms with E-state index >= 15 is 0 Å². The van der Waals surface area contributed by atoms with Crippen LogP contribution in [0.2, 0.25) is 0 Å². The number of ketones is 1. The molecule has 2 aliphatic rings. The number of carbonyl (C=O) groups is 2. The Kier molecular flexibility index (Phi) is 3.75. The van der Waals surface area contributed by atoms with Crippen molar-refractivity contribution in [1.29, 1.82) is 0 Å². The highest BCUT2D eigenvalue weighted by Gasteiger charge is 2.35. The van der Waals surface area contributed by atoms with Crippen molar-refractivity contribution in [3.8, 4) is 0 Å². The number of aliphatic imine (C=N–C) groups is 1. The van der Waals surface area contributed by atoms with Crippen LogP contribution in [0.3, 0.4) is 0 Å². The molecule has 2 aliphatic heterocycles. The largest absolute Gasteiger partial charge is 0.462 e. The predicted octanol–water partition coefficient (Wildman–Crippen LogP) is 2.83. The van der Waals surface area contributed by atoms with Gasteiger partial charge in [0.25, 0.3) is 0 Å². The summed E-state index contributed by atoms with van der Waals surface area (Å²) in [6.07, 6.45) is 3.18. The van der Waals surface area contributed by atoms with Crippen molar-refractivity contribution < 1.29 is 14.3 Å². The number of benzene rings is 1. The van der Waals surface area contributed by atoms with E-state index in [1.165, 1.54) is 18.0 Å². The van der Waals surface area contributed by atoms with Gasteiger partial charge >= 0.3 is 5.97 Å². The van der Waals surface area contributed by atoms with Gasteiger partial charge in [0.2, 0.25) is 5.78 Å². The minimum absolute atomic E-state index is 0.00108. The highest BCUT2D eigenvalue weighted by molar-refractivity contribution is 8.15. The smallest absolute Gasteiger partial charge is 0.343 e. The summed E-state index contributed by atoms with van der Waals surface area (Å²) in [7, 11) is 0. The Bertz CT molecular complexity index is 689. The summed E-state index contributed by atoms with van der Waals surface area (Å²) in [6.45, 7) is 1.94. The van der Waals surface area contributed by atoms with E-state index in [9.17, 15) is 9.59 Å². The lowest BCUT2D eigenvalue weighted by Crippen LogP contribution is -2.21. The lowest BCUT2D eigenvalue weighted by Gasteiger charge is -2.10. The minimum atomic E-state index is -0.612. The van der Waals surface area contributed by atoms with Gasteiger partial charge in [0, 0.05) is 6.20 Å². The van der Waals surface area contributed by atoms with E-state index in [2.05, 4.69) is 4.99 Å². The normalized spacial score (nSPS) is 20.3. The SMILES string of the molecule is CCOC(=O)C1=CN=C2SC(c3ccccc3)C=C2C1=O. The number of nitrogens with zero attached hydrogens (tertiary/aromatic N) is 1. The van der Waals surface area contributed by atoms with Gasteiger partial charge in [0.1, 0.15) is 10.6 Å². The molecule has 0 spiro atoms. The molecule has 0 fully saturated rings. The molecule has 1 aromatic carbocycles. The van der Waals surface area contributed by atoms with Crippen LogP contribution in [-0.2, 0) is 14.3 Å². The average molecular weight is 299 g/mol. The first-order valence-corrected chi connectivity index (χ1v) is 7.52. The zero-order chi connectivity index (χ0) is 14.8. The van der Waals surface area contributed by atoms with E-state index in [0.29, 0.717) is 10.6 Å².